The van der Waals surface area contributed by atoms with Crippen LogP contribution in [0.1, 0.15) is 19.4 Å². The lowest BCUT2D eigenvalue weighted by molar-refractivity contribution is 0.304. The van der Waals surface area contributed by atoms with Crippen LogP contribution in [0.25, 0.3) is 0 Å². The van der Waals surface area contributed by atoms with E-state index in [9.17, 15) is 4.39 Å². The third-order valence-corrected chi connectivity index (χ3v) is 2.63. The number of rotatable bonds is 6. The van der Waals surface area contributed by atoms with Crippen LogP contribution in [-0.2, 0) is 6.54 Å². The maximum absolute atomic E-state index is 13.8. The SMILES string of the molecule is CC(C)NCc1c(F)cccc1N(C)CCO. The Bertz CT molecular complexity index is 355. The Kier molecular flexibility index (Phi) is 5.38. The zero-order valence-corrected chi connectivity index (χ0v) is 10.7. The fraction of sp³-hybridized carbons (Fsp3) is 0.538. The average molecular weight is 240 g/mol. The van der Waals surface area contributed by atoms with Crippen molar-refractivity contribution in [2.45, 2.75) is 26.4 Å². The number of nitrogens with one attached hydrogen (secondary N) is 1. The Labute approximate surface area is 102 Å². The molecule has 0 unspecified atom stereocenters. The molecular weight excluding hydrogens is 219 g/mol. The van der Waals surface area contributed by atoms with Crippen LogP contribution in [0.4, 0.5) is 10.1 Å². The molecule has 0 amide bonds. The van der Waals surface area contributed by atoms with Gasteiger partial charge < -0.3 is 15.3 Å². The molecule has 0 radical (unpaired) electrons. The number of aliphatic hydroxyl groups excluding tert-OH is 1. The highest BCUT2D eigenvalue weighted by molar-refractivity contribution is 5.53. The molecule has 0 heterocycles. The van der Waals surface area contributed by atoms with Gasteiger partial charge in [-0.3, -0.25) is 0 Å². The van der Waals surface area contributed by atoms with Crippen LogP contribution in [0, 0.1) is 5.82 Å². The predicted molar refractivity (Wildman–Crippen MR) is 68.7 cm³/mol. The molecule has 0 bridgehead atoms. The lowest BCUT2D eigenvalue weighted by Gasteiger charge is -2.22. The summed E-state index contributed by atoms with van der Waals surface area (Å²) in [6, 6.07) is 5.34. The summed E-state index contributed by atoms with van der Waals surface area (Å²) in [6.45, 7) is 5.10. The van der Waals surface area contributed by atoms with Gasteiger partial charge in [-0.15, -0.1) is 0 Å². The Hall–Kier alpha value is -1.13. The molecule has 0 aromatic heterocycles. The van der Waals surface area contributed by atoms with Gasteiger partial charge in [-0.25, -0.2) is 4.39 Å². The molecule has 1 aromatic rings. The summed E-state index contributed by atoms with van der Waals surface area (Å²) in [7, 11) is 1.85. The number of anilines is 1. The molecule has 1 rings (SSSR count). The van der Waals surface area contributed by atoms with E-state index in [-0.39, 0.29) is 12.4 Å². The highest BCUT2D eigenvalue weighted by Gasteiger charge is 2.11. The van der Waals surface area contributed by atoms with Crippen LogP contribution in [0.2, 0.25) is 0 Å². The third-order valence-electron chi connectivity index (χ3n) is 2.63. The highest BCUT2D eigenvalue weighted by Crippen LogP contribution is 2.22. The summed E-state index contributed by atoms with van der Waals surface area (Å²) in [6.07, 6.45) is 0. The molecule has 4 heteroatoms. The number of hydrogen-bond acceptors (Lipinski definition) is 3. The van der Waals surface area contributed by atoms with E-state index in [1.54, 1.807) is 6.07 Å². The number of hydrogen-bond donors (Lipinski definition) is 2. The molecule has 96 valence electrons. The summed E-state index contributed by atoms with van der Waals surface area (Å²) < 4.78 is 13.8. The molecule has 0 spiro atoms. The average Bonchev–Trinajstić information content (AvgIpc) is 2.27. The monoisotopic (exact) mass is 240 g/mol. The molecule has 2 N–H and O–H groups in total. The fourth-order valence-corrected chi connectivity index (χ4v) is 1.66. The first kappa shape index (κ1) is 13.9. The van der Waals surface area contributed by atoms with Crippen molar-refractivity contribution in [3.8, 4) is 0 Å². The Morgan fingerprint density at radius 1 is 1.41 bits per heavy atom. The topological polar surface area (TPSA) is 35.5 Å². The van der Waals surface area contributed by atoms with Gasteiger partial charge in [0.2, 0.25) is 0 Å². The van der Waals surface area contributed by atoms with Gasteiger partial charge >= 0.3 is 0 Å². The van der Waals surface area contributed by atoms with Crippen molar-refractivity contribution in [1.82, 2.24) is 5.32 Å². The maximum atomic E-state index is 13.8. The molecule has 17 heavy (non-hydrogen) atoms. The van der Waals surface area contributed by atoms with Crippen molar-refractivity contribution in [2.75, 3.05) is 25.1 Å². The number of likely N-dealkylation sites (N-methyl/N-ethyl adjacent to an activating group) is 1. The lowest BCUT2D eigenvalue weighted by Crippen LogP contribution is -2.27. The molecule has 0 atom stereocenters. The molecule has 0 aliphatic carbocycles. The summed E-state index contributed by atoms with van der Waals surface area (Å²) >= 11 is 0. The number of nitrogens with zero attached hydrogens (tertiary/aromatic N) is 1. The fourth-order valence-electron chi connectivity index (χ4n) is 1.66. The first-order valence-corrected chi connectivity index (χ1v) is 5.89. The number of aliphatic hydroxyl groups is 1. The summed E-state index contributed by atoms with van der Waals surface area (Å²) in [4.78, 5) is 1.86. The van der Waals surface area contributed by atoms with E-state index in [1.807, 2.05) is 31.9 Å². The van der Waals surface area contributed by atoms with Crippen molar-refractivity contribution in [3.05, 3.63) is 29.6 Å². The first-order valence-electron chi connectivity index (χ1n) is 5.89. The predicted octanol–water partition coefficient (Wildman–Crippen LogP) is 1.75. The first-order chi connectivity index (χ1) is 8.06. The number of halogens is 1. The van der Waals surface area contributed by atoms with E-state index in [1.165, 1.54) is 6.07 Å². The molecule has 0 fully saturated rings. The van der Waals surface area contributed by atoms with Gasteiger partial charge in [-0.2, -0.15) is 0 Å². The van der Waals surface area contributed by atoms with Crippen LogP contribution in [0.15, 0.2) is 18.2 Å². The van der Waals surface area contributed by atoms with E-state index >= 15 is 0 Å². The number of benzene rings is 1. The van der Waals surface area contributed by atoms with Gasteiger partial charge in [-0.1, -0.05) is 19.9 Å². The maximum Gasteiger partial charge on any atom is 0.129 e. The smallest absolute Gasteiger partial charge is 0.129 e. The zero-order chi connectivity index (χ0) is 12.8. The van der Waals surface area contributed by atoms with Crippen molar-refractivity contribution in [1.29, 1.82) is 0 Å². The second-order valence-electron chi connectivity index (χ2n) is 4.42. The van der Waals surface area contributed by atoms with Gasteiger partial charge in [0.1, 0.15) is 5.82 Å². The normalized spacial score (nSPS) is 10.9. The standard InChI is InChI=1S/C13H21FN2O/c1-10(2)15-9-11-12(14)5-4-6-13(11)16(3)7-8-17/h4-6,10,15,17H,7-9H2,1-3H3. The molecule has 0 aliphatic rings. The molecule has 0 aliphatic heterocycles. The highest BCUT2D eigenvalue weighted by atomic mass is 19.1. The molecule has 1 aromatic carbocycles. The van der Waals surface area contributed by atoms with Gasteiger partial charge in [0, 0.05) is 37.4 Å². The molecule has 3 nitrogen and oxygen atoms in total. The molecular formula is C13H21FN2O. The van der Waals surface area contributed by atoms with Crippen LogP contribution >= 0.6 is 0 Å². The van der Waals surface area contributed by atoms with E-state index in [4.69, 9.17) is 5.11 Å². The summed E-state index contributed by atoms with van der Waals surface area (Å²) in [5.74, 6) is -0.208. The van der Waals surface area contributed by atoms with Crippen LogP contribution in [-0.4, -0.2) is 31.3 Å². The second kappa shape index (κ2) is 6.57. The molecule has 0 saturated heterocycles. The minimum Gasteiger partial charge on any atom is -0.395 e. The minimum atomic E-state index is -0.208. The van der Waals surface area contributed by atoms with E-state index in [0.717, 1.165) is 5.69 Å². The Morgan fingerprint density at radius 2 is 2.12 bits per heavy atom. The second-order valence-corrected chi connectivity index (χ2v) is 4.42. The van der Waals surface area contributed by atoms with E-state index < -0.39 is 0 Å². The quantitative estimate of drug-likeness (QED) is 0.795. The zero-order valence-electron chi connectivity index (χ0n) is 10.7. The van der Waals surface area contributed by atoms with Gasteiger partial charge in [0.05, 0.1) is 6.61 Å². The summed E-state index contributed by atoms with van der Waals surface area (Å²) in [5, 5.41) is 12.1. The van der Waals surface area contributed by atoms with E-state index in [2.05, 4.69) is 5.32 Å². The van der Waals surface area contributed by atoms with Gasteiger partial charge in [-0.05, 0) is 12.1 Å². The van der Waals surface area contributed by atoms with Crippen LogP contribution in [0.5, 0.6) is 0 Å². The van der Waals surface area contributed by atoms with Crippen LogP contribution < -0.4 is 10.2 Å². The van der Waals surface area contributed by atoms with Crippen molar-refractivity contribution < 1.29 is 9.50 Å². The van der Waals surface area contributed by atoms with Gasteiger partial charge in [0.25, 0.3) is 0 Å². The molecule has 0 saturated carbocycles. The van der Waals surface area contributed by atoms with Gasteiger partial charge in [0.15, 0.2) is 0 Å². The Balaban J connectivity index is 2.91. The van der Waals surface area contributed by atoms with E-state index in [0.29, 0.717) is 24.7 Å². The van der Waals surface area contributed by atoms with Crippen LogP contribution in [0.3, 0.4) is 0 Å². The summed E-state index contributed by atoms with van der Waals surface area (Å²) in [5.41, 5.74) is 1.48. The Morgan fingerprint density at radius 3 is 2.71 bits per heavy atom. The van der Waals surface area contributed by atoms with Crippen molar-refractivity contribution in [2.24, 2.45) is 0 Å². The van der Waals surface area contributed by atoms with Crippen molar-refractivity contribution in [3.63, 3.8) is 0 Å². The largest absolute Gasteiger partial charge is 0.395 e. The lowest BCUT2D eigenvalue weighted by atomic mass is 10.1. The third kappa shape index (κ3) is 3.98. The minimum absolute atomic E-state index is 0.0596. The van der Waals surface area contributed by atoms with Crippen molar-refractivity contribution >= 4 is 5.69 Å².